The van der Waals surface area contributed by atoms with Crippen molar-refractivity contribution in [3.05, 3.63) is 29.8 Å². The van der Waals surface area contributed by atoms with Gasteiger partial charge in [0.25, 0.3) is 0 Å². The molecule has 0 radical (unpaired) electrons. The van der Waals surface area contributed by atoms with Crippen molar-refractivity contribution < 1.29 is 0 Å². The summed E-state index contributed by atoms with van der Waals surface area (Å²) in [6.07, 6.45) is 10.2. The lowest BCUT2D eigenvalue weighted by Gasteiger charge is -2.11. The molecule has 1 aliphatic carbocycles. The monoisotopic (exact) mass is 151 g/mol. The maximum atomic E-state index is 2.38. The third-order valence-corrected chi connectivity index (χ3v) is 3.80. The maximum Gasteiger partial charge on any atom is 0.177 e. The van der Waals surface area contributed by atoms with E-state index in [1.165, 1.54) is 0 Å². The second-order valence-corrected chi connectivity index (χ2v) is 8.82. The van der Waals surface area contributed by atoms with Gasteiger partial charge in [0.2, 0.25) is 0 Å². The van der Waals surface area contributed by atoms with Gasteiger partial charge in [-0.2, -0.15) is 0 Å². The summed E-state index contributed by atoms with van der Waals surface area (Å²) in [5.74, 6) is 0. The molecule has 10 heavy (non-hydrogen) atoms. The van der Waals surface area contributed by atoms with Crippen molar-refractivity contribution >= 4 is 8.07 Å². The van der Waals surface area contributed by atoms with E-state index in [1.807, 2.05) is 0 Å². The highest BCUT2D eigenvalue weighted by molar-refractivity contribution is 6.83. The van der Waals surface area contributed by atoms with Crippen molar-refractivity contribution in [2.75, 3.05) is 0 Å². The Balaban J connectivity index is 2.73. The molecule has 1 aliphatic rings. The van der Waals surface area contributed by atoms with Gasteiger partial charge >= 0.3 is 0 Å². The van der Waals surface area contributed by atoms with Crippen LogP contribution >= 0.6 is 0 Å². The summed E-state index contributed by atoms with van der Waals surface area (Å²) in [7, 11) is -1.01. The number of allylic oxidation sites excluding steroid dienone is 4. The molecule has 0 N–H and O–H groups in total. The summed E-state index contributed by atoms with van der Waals surface area (Å²) in [6.45, 7) is 7.13. The molecule has 0 aromatic carbocycles. The minimum Gasteiger partial charge on any atom is -0.0475 e. The van der Waals surface area contributed by atoms with Crippen LogP contribution in [0.1, 0.15) is 6.42 Å². The van der Waals surface area contributed by atoms with Crippen molar-refractivity contribution in [3.63, 3.8) is 0 Å². The van der Waals surface area contributed by atoms with Crippen LogP contribution < -0.4 is 0 Å². The fourth-order valence-electron chi connectivity index (χ4n) is 1.02. The lowest BCUT2D eigenvalue weighted by molar-refractivity contribution is 1.25. The minimum atomic E-state index is -1.01. The van der Waals surface area contributed by atoms with Gasteiger partial charge in [0, 0.05) is 17.7 Å². The van der Waals surface area contributed by atoms with Gasteiger partial charge in [0.05, 0.1) is 12.5 Å². The summed E-state index contributed by atoms with van der Waals surface area (Å²) < 4.78 is 0. The van der Waals surface area contributed by atoms with E-state index in [2.05, 4.69) is 44.3 Å². The van der Waals surface area contributed by atoms with Crippen LogP contribution in [0.15, 0.2) is 23.4 Å². The van der Waals surface area contributed by atoms with Crippen LogP contribution in [0.4, 0.5) is 0 Å². The zero-order valence-electron chi connectivity index (χ0n) is 7.02. The Labute approximate surface area is 64.7 Å². The van der Waals surface area contributed by atoms with E-state index in [1.54, 1.807) is 5.20 Å². The average molecular weight is 151 g/mol. The Bertz CT molecular complexity index is 170. The van der Waals surface area contributed by atoms with Crippen LogP contribution in [0.25, 0.3) is 0 Å². The lowest BCUT2D eigenvalue weighted by Crippen LogP contribution is -2.23. The summed E-state index contributed by atoms with van der Waals surface area (Å²) in [6, 6.07) is 0. The Hall–Kier alpha value is -0.433. The molecule has 0 bridgehead atoms. The van der Waals surface area contributed by atoms with Crippen LogP contribution in [0.2, 0.25) is 19.6 Å². The summed E-state index contributed by atoms with van der Waals surface area (Å²) in [5, 5.41) is 1.57. The van der Waals surface area contributed by atoms with Crippen LogP contribution in [0, 0.1) is 6.42 Å². The first kappa shape index (κ1) is 7.67. The second kappa shape index (κ2) is 2.66. The summed E-state index contributed by atoms with van der Waals surface area (Å²) in [4.78, 5) is 0. The topological polar surface area (TPSA) is 0 Å². The first-order valence-electron chi connectivity index (χ1n) is 3.81. The van der Waals surface area contributed by atoms with E-state index >= 15 is 0 Å². The van der Waals surface area contributed by atoms with Crippen LogP contribution in [0.5, 0.6) is 0 Å². The highest BCUT2D eigenvalue weighted by atomic mass is 28.3. The molecule has 0 aromatic rings. The number of hydrogen-bond donors (Lipinski definition) is 0. The highest BCUT2D eigenvalue weighted by Crippen LogP contribution is 2.19. The molecular formula is C9H15Si+. The van der Waals surface area contributed by atoms with Gasteiger partial charge in [-0.05, 0) is 25.7 Å². The minimum absolute atomic E-state index is 1.01. The van der Waals surface area contributed by atoms with Gasteiger partial charge in [-0.1, -0.05) is 0 Å². The molecule has 0 spiro atoms. The van der Waals surface area contributed by atoms with Gasteiger partial charge < -0.3 is 0 Å². The maximum absolute atomic E-state index is 2.38. The molecule has 0 fully saturated rings. The molecule has 54 valence electrons. The van der Waals surface area contributed by atoms with Gasteiger partial charge in [0.1, 0.15) is 0 Å². The van der Waals surface area contributed by atoms with Crippen molar-refractivity contribution in [2.24, 2.45) is 0 Å². The van der Waals surface area contributed by atoms with Crippen LogP contribution in [0.3, 0.4) is 0 Å². The SMILES string of the molecule is C[Si](C)(C)C1=C[CH+]CC=C1. The Morgan fingerprint density at radius 1 is 1.40 bits per heavy atom. The number of rotatable bonds is 1. The van der Waals surface area contributed by atoms with E-state index < -0.39 is 8.07 Å². The van der Waals surface area contributed by atoms with Crippen LogP contribution in [-0.2, 0) is 0 Å². The molecule has 0 aliphatic heterocycles. The molecule has 0 amide bonds. The predicted molar refractivity (Wildman–Crippen MR) is 49.5 cm³/mol. The average Bonchev–Trinajstić information content (AvgIpc) is 1.88. The van der Waals surface area contributed by atoms with Gasteiger partial charge in [0.15, 0.2) is 8.07 Å². The molecule has 0 atom stereocenters. The molecule has 1 heteroatoms. The van der Waals surface area contributed by atoms with E-state index in [-0.39, 0.29) is 0 Å². The quantitative estimate of drug-likeness (QED) is 0.399. The van der Waals surface area contributed by atoms with E-state index in [0.29, 0.717) is 0 Å². The first-order chi connectivity index (χ1) is 4.61. The van der Waals surface area contributed by atoms with Crippen molar-refractivity contribution in [1.82, 2.24) is 0 Å². The molecule has 0 saturated heterocycles. The fourth-order valence-corrected chi connectivity index (χ4v) is 2.26. The third-order valence-electron chi connectivity index (χ3n) is 1.73. The fraction of sp³-hybridized carbons (Fsp3) is 0.444. The van der Waals surface area contributed by atoms with Gasteiger partial charge in [-0.15, -0.1) is 0 Å². The van der Waals surface area contributed by atoms with Crippen LogP contribution in [-0.4, -0.2) is 8.07 Å². The molecule has 1 rings (SSSR count). The zero-order valence-corrected chi connectivity index (χ0v) is 8.02. The van der Waals surface area contributed by atoms with Crippen molar-refractivity contribution in [3.8, 4) is 0 Å². The third kappa shape index (κ3) is 1.77. The number of hydrogen-bond acceptors (Lipinski definition) is 0. The molecule has 0 nitrogen and oxygen atoms in total. The first-order valence-corrected chi connectivity index (χ1v) is 7.31. The van der Waals surface area contributed by atoms with E-state index in [9.17, 15) is 0 Å². The highest BCUT2D eigenvalue weighted by Gasteiger charge is 2.25. The Kier molecular flexibility index (Phi) is 2.04. The summed E-state index contributed by atoms with van der Waals surface area (Å²) in [5.41, 5.74) is 0. The van der Waals surface area contributed by atoms with E-state index in [0.717, 1.165) is 6.42 Å². The van der Waals surface area contributed by atoms with Gasteiger partial charge in [-0.3, -0.25) is 0 Å². The Morgan fingerprint density at radius 3 is 2.40 bits per heavy atom. The van der Waals surface area contributed by atoms with Crippen molar-refractivity contribution in [2.45, 2.75) is 26.1 Å². The van der Waals surface area contributed by atoms with E-state index in [4.69, 9.17) is 0 Å². The Morgan fingerprint density at radius 2 is 2.10 bits per heavy atom. The summed E-state index contributed by atoms with van der Waals surface area (Å²) >= 11 is 0. The van der Waals surface area contributed by atoms with Crippen molar-refractivity contribution in [1.29, 1.82) is 0 Å². The zero-order chi connectivity index (χ0) is 7.61. The standard InChI is InChI=1S/C9H15Si/c1-10(2,3)9-7-5-4-6-8-9/h5-8H,4H2,1-3H3/q+1. The predicted octanol–water partition coefficient (Wildman–Crippen LogP) is 2.95. The molecule has 0 saturated carbocycles. The normalized spacial score (nSPS) is 18.1. The lowest BCUT2D eigenvalue weighted by atomic mass is 10.2. The molecular weight excluding hydrogens is 136 g/mol. The molecule has 0 aromatic heterocycles. The smallest absolute Gasteiger partial charge is 0.0475 e. The largest absolute Gasteiger partial charge is 0.177 e. The van der Waals surface area contributed by atoms with Gasteiger partial charge in [-0.25, -0.2) is 0 Å². The second-order valence-electron chi connectivity index (χ2n) is 3.75. The molecule has 0 unspecified atom stereocenters. The molecule has 0 heterocycles.